The van der Waals surface area contributed by atoms with E-state index in [0.717, 1.165) is 11.3 Å². The van der Waals surface area contributed by atoms with Gasteiger partial charge in [-0.15, -0.1) is 0 Å². The second kappa shape index (κ2) is 5.38. The van der Waals surface area contributed by atoms with Crippen molar-refractivity contribution in [2.45, 2.75) is 45.6 Å². The number of aryl methyl sites for hydroxylation is 1. The number of benzene rings is 1. The predicted molar refractivity (Wildman–Crippen MR) is 72.9 cm³/mol. The average molecular weight is 248 g/mol. The third-order valence-electron chi connectivity index (χ3n) is 3.96. The van der Waals surface area contributed by atoms with E-state index in [4.69, 9.17) is 0 Å². The number of non-ortho nitro benzene ring substituents is 1. The number of nitro benzene ring substituents is 1. The summed E-state index contributed by atoms with van der Waals surface area (Å²) in [6.45, 7) is 4.20. The van der Waals surface area contributed by atoms with Gasteiger partial charge in [0.1, 0.15) is 0 Å². The summed E-state index contributed by atoms with van der Waals surface area (Å²) in [5.41, 5.74) is 2.14. The van der Waals surface area contributed by atoms with Gasteiger partial charge in [0.15, 0.2) is 0 Å². The van der Waals surface area contributed by atoms with E-state index in [1.165, 1.54) is 25.7 Å². The molecule has 2 unspecified atom stereocenters. The molecule has 2 atom stereocenters. The predicted octanol–water partition coefficient (Wildman–Crippen LogP) is 3.89. The number of hydrogen-bond donors (Lipinski definition) is 1. The maximum absolute atomic E-state index is 10.8. The summed E-state index contributed by atoms with van der Waals surface area (Å²) in [5.74, 6) is 0.698. The van der Waals surface area contributed by atoms with Crippen LogP contribution in [0, 0.1) is 23.0 Å². The van der Waals surface area contributed by atoms with Crippen molar-refractivity contribution in [2.24, 2.45) is 5.92 Å². The van der Waals surface area contributed by atoms with Gasteiger partial charge in [0, 0.05) is 23.9 Å². The number of nitrogens with one attached hydrogen (secondary N) is 1. The van der Waals surface area contributed by atoms with Gasteiger partial charge < -0.3 is 5.32 Å². The molecule has 1 N–H and O–H groups in total. The maximum Gasteiger partial charge on any atom is 0.271 e. The minimum Gasteiger partial charge on any atom is -0.382 e. The lowest BCUT2D eigenvalue weighted by Gasteiger charge is -2.21. The molecule has 4 nitrogen and oxygen atoms in total. The van der Waals surface area contributed by atoms with Crippen LogP contribution >= 0.6 is 0 Å². The van der Waals surface area contributed by atoms with Crippen LogP contribution in [-0.2, 0) is 0 Å². The van der Waals surface area contributed by atoms with Gasteiger partial charge in [0.2, 0.25) is 0 Å². The van der Waals surface area contributed by atoms with Gasteiger partial charge in [0.25, 0.3) is 5.69 Å². The first kappa shape index (κ1) is 12.9. The smallest absolute Gasteiger partial charge is 0.271 e. The van der Waals surface area contributed by atoms with Crippen molar-refractivity contribution in [1.82, 2.24) is 0 Å². The first-order valence-electron chi connectivity index (χ1n) is 6.63. The van der Waals surface area contributed by atoms with Gasteiger partial charge in [-0.2, -0.15) is 0 Å². The van der Waals surface area contributed by atoms with Crippen molar-refractivity contribution >= 4 is 11.4 Å². The molecular weight excluding hydrogens is 228 g/mol. The molecule has 0 heterocycles. The summed E-state index contributed by atoms with van der Waals surface area (Å²) in [4.78, 5) is 10.5. The molecule has 1 saturated carbocycles. The molecule has 98 valence electrons. The van der Waals surface area contributed by atoms with Gasteiger partial charge in [-0.3, -0.25) is 10.1 Å². The summed E-state index contributed by atoms with van der Waals surface area (Å²) >= 11 is 0. The third kappa shape index (κ3) is 2.63. The van der Waals surface area contributed by atoms with E-state index in [-0.39, 0.29) is 10.6 Å². The van der Waals surface area contributed by atoms with E-state index in [1.807, 2.05) is 13.0 Å². The van der Waals surface area contributed by atoms with Crippen LogP contribution in [0.2, 0.25) is 0 Å². The van der Waals surface area contributed by atoms with Gasteiger partial charge in [-0.1, -0.05) is 25.8 Å². The normalized spacial score (nSPS) is 23.0. The summed E-state index contributed by atoms with van der Waals surface area (Å²) in [6, 6.07) is 5.50. The number of nitro groups is 1. The molecule has 0 amide bonds. The maximum atomic E-state index is 10.8. The Labute approximate surface area is 108 Å². The van der Waals surface area contributed by atoms with Crippen molar-refractivity contribution < 1.29 is 4.92 Å². The Morgan fingerprint density at radius 1 is 1.44 bits per heavy atom. The summed E-state index contributed by atoms with van der Waals surface area (Å²) < 4.78 is 0. The van der Waals surface area contributed by atoms with E-state index in [1.54, 1.807) is 12.1 Å². The fraction of sp³-hybridized carbons (Fsp3) is 0.571. The average Bonchev–Trinajstić information content (AvgIpc) is 2.79. The van der Waals surface area contributed by atoms with E-state index < -0.39 is 0 Å². The monoisotopic (exact) mass is 248 g/mol. The van der Waals surface area contributed by atoms with Crippen LogP contribution in [0.1, 0.15) is 38.2 Å². The standard InChI is InChI=1S/C14H20N2O2/c1-3-11-5-4-6-13(11)15-14-9-12(16(17)18)8-7-10(14)2/h7-9,11,13,15H,3-6H2,1-2H3. The molecule has 1 aromatic carbocycles. The number of rotatable bonds is 4. The summed E-state index contributed by atoms with van der Waals surface area (Å²) in [6.07, 6.45) is 4.86. The topological polar surface area (TPSA) is 55.2 Å². The Morgan fingerprint density at radius 3 is 2.89 bits per heavy atom. The first-order valence-corrected chi connectivity index (χ1v) is 6.63. The van der Waals surface area contributed by atoms with Crippen molar-refractivity contribution in [1.29, 1.82) is 0 Å². The van der Waals surface area contributed by atoms with E-state index in [2.05, 4.69) is 12.2 Å². The van der Waals surface area contributed by atoms with Crippen molar-refractivity contribution in [3.63, 3.8) is 0 Å². The zero-order valence-corrected chi connectivity index (χ0v) is 11.0. The van der Waals surface area contributed by atoms with Crippen LogP contribution in [-0.4, -0.2) is 11.0 Å². The van der Waals surface area contributed by atoms with Gasteiger partial charge in [0.05, 0.1) is 4.92 Å². The van der Waals surface area contributed by atoms with Crippen LogP contribution in [0.15, 0.2) is 18.2 Å². The highest BCUT2D eigenvalue weighted by atomic mass is 16.6. The number of nitrogens with zero attached hydrogens (tertiary/aromatic N) is 1. The highest BCUT2D eigenvalue weighted by Crippen LogP contribution is 2.32. The quantitative estimate of drug-likeness (QED) is 0.649. The zero-order valence-electron chi connectivity index (χ0n) is 11.0. The molecule has 0 spiro atoms. The molecule has 18 heavy (non-hydrogen) atoms. The minimum absolute atomic E-state index is 0.161. The Morgan fingerprint density at radius 2 is 2.22 bits per heavy atom. The number of anilines is 1. The molecule has 0 bridgehead atoms. The fourth-order valence-electron chi connectivity index (χ4n) is 2.79. The van der Waals surface area contributed by atoms with Crippen LogP contribution in [0.3, 0.4) is 0 Å². The van der Waals surface area contributed by atoms with Gasteiger partial charge >= 0.3 is 0 Å². The molecule has 4 heteroatoms. The van der Waals surface area contributed by atoms with Gasteiger partial charge in [-0.25, -0.2) is 0 Å². The third-order valence-corrected chi connectivity index (χ3v) is 3.96. The molecule has 0 aliphatic heterocycles. The van der Waals surface area contributed by atoms with Gasteiger partial charge in [-0.05, 0) is 31.2 Å². The molecule has 1 aromatic rings. The first-order chi connectivity index (χ1) is 8.61. The van der Waals surface area contributed by atoms with E-state index >= 15 is 0 Å². The molecule has 1 aliphatic carbocycles. The highest BCUT2D eigenvalue weighted by molar-refractivity contribution is 5.57. The van der Waals surface area contributed by atoms with Crippen molar-refractivity contribution in [3.8, 4) is 0 Å². The molecule has 0 saturated heterocycles. The minimum atomic E-state index is -0.337. The SMILES string of the molecule is CCC1CCCC1Nc1cc([N+](=O)[O-])ccc1C. The lowest BCUT2D eigenvalue weighted by molar-refractivity contribution is -0.384. The molecular formula is C14H20N2O2. The molecule has 1 aliphatic rings. The Bertz CT molecular complexity index is 445. The summed E-state index contributed by atoms with van der Waals surface area (Å²) in [5, 5.41) is 14.3. The molecule has 0 aromatic heterocycles. The fourth-order valence-corrected chi connectivity index (χ4v) is 2.79. The Balaban J connectivity index is 2.17. The van der Waals surface area contributed by atoms with Crippen molar-refractivity contribution in [3.05, 3.63) is 33.9 Å². The van der Waals surface area contributed by atoms with E-state index in [0.29, 0.717) is 12.0 Å². The highest BCUT2D eigenvalue weighted by Gasteiger charge is 2.26. The lowest BCUT2D eigenvalue weighted by Crippen LogP contribution is -2.23. The Hall–Kier alpha value is -1.58. The Kier molecular flexibility index (Phi) is 3.84. The molecule has 2 rings (SSSR count). The van der Waals surface area contributed by atoms with Crippen LogP contribution in [0.4, 0.5) is 11.4 Å². The lowest BCUT2D eigenvalue weighted by atomic mass is 10.00. The van der Waals surface area contributed by atoms with Crippen LogP contribution < -0.4 is 5.32 Å². The van der Waals surface area contributed by atoms with Crippen LogP contribution in [0.25, 0.3) is 0 Å². The van der Waals surface area contributed by atoms with Crippen LogP contribution in [0.5, 0.6) is 0 Å². The second-order valence-corrected chi connectivity index (χ2v) is 5.11. The van der Waals surface area contributed by atoms with E-state index in [9.17, 15) is 10.1 Å². The second-order valence-electron chi connectivity index (χ2n) is 5.11. The largest absolute Gasteiger partial charge is 0.382 e. The summed E-state index contributed by atoms with van der Waals surface area (Å²) in [7, 11) is 0. The van der Waals surface area contributed by atoms with Crippen molar-refractivity contribution in [2.75, 3.05) is 5.32 Å². The molecule has 0 radical (unpaired) electrons. The number of hydrogen-bond acceptors (Lipinski definition) is 3. The zero-order chi connectivity index (χ0) is 13.1. The molecule has 1 fully saturated rings.